The number of aryl methyl sites for hydroxylation is 1. The van der Waals surface area contributed by atoms with Gasteiger partial charge in [0.05, 0.1) is 0 Å². The lowest BCUT2D eigenvalue weighted by Crippen LogP contribution is -2.26. The maximum Gasteiger partial charge on any atom is 0.255 e. The Morgan fingerprint density at radius 2 is 1.77 bits per heavy atom. The Labute approximate surface area is 189 Å². The van der Waals surface area contributed by atoms with Gasteiger partial charge in [0.1, 0.15) is 11.6 Å². The van der Waals surface area contributed by atoms with Crippen LogP contribution in [-0.4, -0.2) is 33.1 Å². The molecule has 0 saturated heterocycles. The highest BCUT2D eigenvalue weighted by Crippen LogP contribution is 2.16. The Kier molecular flexibility index (Phi) is 6.76. The van der Waals surface area contributed by atoms with Crippen LogP contribution in [0.25, 0.3) is 0 Å². The van der Waals surface area contributed by atoms with Crippen LogP contribution in [0.1, 0.15) is 51.6 Å². The summed E-state index contributed by atoms with van der Waals surface area (Å²) in [6.07, 6.45) is 5.12. The topological polar surface area (TPSA) is 88.9 Å². The molecule has 4 rings (SSSR count). The maximum atomic E-state index is 12.6. The van der Waals surface area contributed by atoms with Gasteiger partial charge >= 0.3 is 0 Å². The minimum atomic E-state index is -0.230. The molecule has 0 aliphatic carbocycles. The van der Waals surface area contributed by atoms with Gasteiger partial charge in [-0.25, -0.2) is 0 Å². The highest BCUT2D eigenvalue weighted by Gasteiger charge is 2.15. The number of nitrogens with zero attached hydrogens (tertiary/aromatic N) is 3. The second kappa shape index (κ2) is 9.87. The van der Waals surface area contributed by atoms with Crippen molar-refractivity contribution in [2.75, 3.05) is 11.9 Å². The van der Waals surface area contributed by atoms with Gasteiger partial charge in [0.2, 0.25) is 0 Å². The second-order valence-corrected chi connectivity index (χ2v) is 8.46. The van der Waals surface area contributed by atoms with Crippen molar-refractivity contribution in [3.8, 4) is 0 Å². The SMILES string of the molecule is O=C(NCCc1nnc2n1CCCCC2)c1cccc(NC(=O)c2cccc(Br)c2)c1. The molecule has 0 atom stereocenters. The van der Waals surface area contributed by atoms with Crippen molar-refractivity contribution in [1.29, 1.82) is 0 Å². The fraction of sp³-hybridized carbons (Fsp3) is 0.304. The number of benzene rings is 2. The van der Waals surface area contributed by atoms with Crippen molar-refractivity contribution < 1.29 is 9.59 Å². The molecule has 0 spiro atoms. The summed E-state index contributed by atoms with van der Waals surface area (Å²) in [6, 6.07) is 14.1. The molecule has 0 unspecified atom stereocenters. The van der Waals surface area contributed by atoms with Gasteiger partial charge < -0.3 is 15.2 Å². The van der Waals surface area contributed by atoms with Gasteiger partial charge in [0.25, 0.3) is 11.8 Å². The fourth-order valence-electron chi connectivity index (χ4n) is 3.69. The van der Waals surface area contributed by atoms with Crippen LogP contribution in [0.3, 0.4) is 0 Å². The molecular formula is C23H24BrN5O2. The average Bonchev–Trinajstić information content (AvgIpc) is 3.00. The van der Waals surface area contributed by atoms with E-state index in [4.69, 9.17) is 0 Å². The van der Waals surface area contributed by atoms with Gasteiger partial charge in [-0.1, -0.05) is 34.5 Å². The number of anilines is 1. The molecule has 2 amide bonds. The van der Waals surface area contributed by atoms with E-state index in [9.17, 15) is 9.59 Å². The highest BCUT2D eigenvalue weighted by molar-refractivity contribution is 9.10. The molecule has 1 aliphatic heterocycles. The van der Waals surface area contributed by atoms with Crippen LogP contribution in [0.15, 0.2) is 53.0 Å². The van der Waals surface area contributed by atoms with Gasteiger partial charge in [-0.05, 0) is 49.2 Å². The number of aromatic nitrogens is 3. The highest BCUT2D eigenvalue weighted by atomic mass is 79.9. The van der Waals surface area contributed by atoms with Crippen LogP contribution in [0.2, 0.25) is 0 Å². The number of hydrogen-bond acceptors (Lipinski definition) is 4. The molecule has 0 saturated carbocycles. The first-order chi connectivity index (χ1) is 15.1. The number of carbonyl (C=O) groups excluding carboxylic acids is 2. The third-order valence-corrected chi connectivity index (χ3v) is 5.78. The van der Waals surface area contributed by atoms with Gasteiger partial charge in [-0.15, -0.1) is 10.2 Å². The number of halogens is 1. The molecular weight excluding hydrogens is 458 g/mol. The minimum Gasteiger partial charge on any atom is -0.352 e. The summed E-state index contributed by atoms with van der Waals surface area (Å²) in [5, 5.41) is 14.4. The summed E-state index contributed by atoms with van der Waals surface area (Å²) in [5.41, 5.74) is 1.60. The van der Waals surface area contributed by atoms with Crippen LogP contribution in [0, 0.1) is 0 Å². The van der Waals surface area contributed by atoms with E-state index < -0.39 is 0 Å². The molecule has 0 bridgehead atoms. The molecule has 1 aromatic heterocycles. The normalized spacial score (nSPS) is 13.2. The van der Waals surface area contributed by atoms with Crippen molar-refractivity contribution in [3.63, 3.8) is 0 Å². The van der Waals surface area contributed by atoms with Crippen molar-refractivity contribution in [2.45, 2.75) is 38.6 Å². The zero-order valence-electron chi connectivity index (χ0n) is 17.1. The molecule has 2 N–H and O–H groups in total. The molecule has 160 valence electrons. The quantitative estimate of drug-likeness (QED) is 0.556. The lowest BCUT2D eigenvalue weighted by molar-refractivity contribution is 0.0952. The number of carbonyl (C=O) groups is 2. The third-order valence-electron chi connectivity index (χ3n) is 5.29. The lowest BCUT2D eigenvalue weighted by atomic mass is 10.1. The summed E-state index contributed by atoms with van der Waals surface area (Å²) in [5.74, 6) is 1.56. The Morgan fingerprint density at radius 3 is 2.61 bits per heavy atom. The number of nitrogens with one attached hydrogen (secondary N) is 2. The Morgan fingerprint density at radius 1 is 0.968 bits per heavy atom. The number of rotatable bonds is 6. The van der Waals surface area contributed by atoms with Crippen LogP contribution < -0.4 is 10.6 Å². The molecule has 3 aromatic rings. The predicted molar refractivity (Wildman–Crippen MR) is 122 cm³/mol. The number of fused-ring (bicyclic) bond motifs is 1. The van der Waals surface area contributed by atoms with Gasteiger partial charge in [-0.3, -0.25) is 9.59 Å². The molecule has 0 fully saturated rings. The molecule has 31 heavy (non-hydrogen) atoms. The van der Waals surface area contributed by atoms with Gasteiger partial charge in [-0.2, -0.15) is 0 Å². The predicted octanol–water partition coefficient (Wildman–Crippen LogP) is 3.99. The van der Waals surface area contributed by atoms with Crippen molar-refractivity contribution in [1.82, 2.24) is 20.1 Å². The van der Waals surface area contributed by atoms with E-state index in [0.717, 1.165) is 41.9 Å². The zero-order valence-corrected chi connectivity index (χ0v) is 18.7. The largest absolute Gasteiger partial charge is 0.352 e. The first kappa shape index (κ1) is 21.2. The molecule has 2 aromatic carbocycles. The zero-order chi connectivity index (χ0) is 21.6. The first-order valence-electron chi connectivity index (χ1n) is 10.5. The van der Waals surface area contributed by atoms with E-state index in [-0.39, 0.29) is 11.8 Å². The maximum absolute atomic E-state index is 12.6. The van der Waals surface area contributed by atoms with Crippen LogP contribution >= 0.6 is 15.9 Å². The minimum absolute atomic E-state index is 0.186. The molecule has 7 nitrogen and oxygen atoms in total. The van der Waals surface area contributed by atoms with Crippen LogP contribution in [0.5, 0.6) is 0 Å². The van der Waals surface area contributed by atoms with Gasteiger partial charge in [0.15, 0.2) is 0 Å². The van der Waals surface area contributed by atoms with Crippen LogP contribution in [-0.2, 0) is 19.4 Å². The average molecular weight is 482 g/mol. The van der Waals surface area contributed by atoms with Crippen molar-refractivity contribution in [2.24, 2.45) is 0 Å². The van der Waals surface area contributed by atoms with E-state index in [0.29, 0.717) is 29.8 Å². The van der Waals surface area contributed by atoms with Crippen molar-refractivity contribution in [3.05, 3.63) is 75.8 Å². The lowest BCUT2D eigenvalue weighted by Gasteiger charge is -2.10. The summed E-state index contributed by atoms with van der Waals surface area (Å²) < 4.78 is 3.02. The van der Waals surface area contributed by atoms with E-state index in [1.54, 1.807) is 42.5 Å². The number of hydrogen-bond donors (Lipinski definition) is 2. The third kappa shape index (κ3) is 5.38. The van der Waals surface area contributed by atoms with Crippen LogP contribution in [0.4, 0.5) is 5.69 Å². The number of amides is 2. The molecule has 1 aliphatic rings. The van der Waals surface area contributed by atoms with Gasteiger partial charge in [0, 0.05) is 47.2 Å². The molecule has 8 heteroatoms. The second-order valence-electron chi connectivity index (χ2n) is 7.55. The fourth-order valence-corrected chi connectivity index (χ4v) is 4.09. The van der Waals surface area contributed by atoms with Crippen molar-refractivity contribution >= 4 is 33.4 Å². The Balaban J connectivity index is 1.34. The molecule has 0 radical (unpaired) electrons. The standard InChI is InChI=1S/C23H24BrN5O2/c24-18-8-4-6-16(14-18)23(31)26-19-9-5-7-17(15-19)22(30)25-12-11-21-28-27-20-10-2-1-3-13-29(20)21/h4-9,14-15H,1-3,10-13H2,(H,25,30)(H,26,31). The van der Waals surface area contributed by atoms with E-state index in [1.807, 2.05) is 6.07 Å². The molecule has 2 heterocycles. The monoisotopic (exact) mass is 481 g/mol. The van der Waals surface area contributed by atoms with E-state index in [2.05, 4.69) is 41.3 Å². The Bertz CT molecular complexity index is 1100. The summed E-state index contributed by atoms with van der Waals surface area (Å²) >= 11 is 3.37. The summed E-state index contributed by atoms with van der Waals surface area (Å²) in [7, 11) is 0. The summed E-state index contributed by atoms with van der Waals surface area (Å²) in [4.78, 5) is 25.0. The van der Waals surface area contributed by atoms with E-state index in [1.165, 1.54) is 6.42 Å². The smallest absolute Gasteiger partial charge is 0.255 e. The Hall–Kier alpha value is -3.00. The van der Waals surface area contributed by atoms with E-state index >= 15 is 0 Å². The first-order valence-corrected chi connectivity index (χ1v) is 11.3. The summed E-state index contributed by atoms with van der Waals surface area (Å²) in [6.45, 7) is 1.43.